The fourth-order valence-corrected chi connectivity index (χ4v) is 3.88. The zero-order valence-electron chi connectivity index (χ0n) is 16.1. The number of aliphatic hydroxyl groups is 2. The topological polar surface area (TPSA) is 126 Å². The Balaban J connectivity index is 1.89. The van der Waals surface area contributed by atoms with Crippen molar-refractivity contribution >= 4 is 0 Å². The summed E-state index contributed by atoms with van der Waals surface area (Å²) in [6.07, 6.45) is -2.43. The van der Waals surface area contributed by atoms with E-state index in [0.29, 0.717) is 12.8 Å². The van der Waals surface area contributed by atoms with Gasteiger partial charge in [-0.2, -0.15) is 0 Å². The van der Waals surface area contributed by atoms with Crippen LogP contribution >= 0.6 is 0 Å². The molecule has 2 saturated heterocycles. The molecule has 1 aromatic rings. The van der Waals surface area contributed by atoms with Gasteiger partial charge < -0.3 is 29.2 Å². The van der Waals surface area contributed by atoms with E-state index in [1.54, 1.807) is 13.8 Å². The number of aliphatic hydroxyl groups excluding tert-OH is 2. The quantitative estimate of drug-likeness (QED) is 0.287. The molecule has 0 aromatic heterocycles. The Labute approximate surface area is 163 Å². The molecular weight excluding hydrogens is 366 g/mol. The SMILES string of the molecule is CC1(C)O[C@H]2O[C@H]([C@@H](O)CO)[C@@](CCCN=[N+]=[N-])(OCc3ccccc3)[C@H]2O1. The van der Waals surface area contributed by atoms with E-state index in [-0.39, 0.29) is 13.2 Å². The van der Waals surface area contributed by atoms with Gasteiger partial charge in [-0.3, -0.25) is 0 Å². The van der Waals surface area contributed by atoms with Crippen molar-refractivity contribution in [1.29, 1.82) is 0 Å². The number of azide groups is 1. The molecule has 0 spiro atoms. The summed E-state index contributed by atoms with van der Waals surface area (Å²) in [5.74, 6) is -0.864. The standard InChI is InChI=1S/C19H27N3O6/c1-18(2)27-16-17(28-18)26-15(14(24)11-23)19(16,9-6-10-21-22-20)25-12-13-7-4-3-5-8-13/h3-5,7-8,14-17,23-24H,6,9-12H2,1-2H3/t14-,15+,16-,17+,19+/m0/s1. The predicted octanol–water partition coefficient (Wildman–Crippen LogP) is 2.26. The number of rotatable bonds is 9. The molecule has 2 heterocycles. The van der Waals surface area contributed by atoms with E-state index in [2.05, 4.69) is 10.0 Å². The minimum absolute atomic E-state index is 0.271. The van der Waals surface area contributed by atoms with Gasteiger partial charge in [0.1, 0.15) is 23.9 Å². The molecule has 0 aliphatic carbocycles. The van der Waals surface area contributed by atoms with Crippen molar-refractivity contribution in [1.82, 2.24) is 0 Å². The highest BCUT2D eigenvalue weighted by Gasteiger charge is 2.65. The lowest BCUT2D eigenvalue weighted by Gasteiger charge is -2.39. The van der Waals surface area contributed by atoms with Crippen LogP contribution in [0.1, 0.15) is 32.3 Å². The van der Waals surface area contributed by atoms with Gasteiger partial charge in [0.15, 0.2) is 12.1 Å². The molecule has 3 rings (SSSR count). The molecule has 5 atom stereocenters. The van der Waals surface area contributed by atoms with Crippen molar-refractivity contribution in [3.05, 3.63) is 46.3 Å². The fourth-order valence-electron chi connectivity index (χ4n) is 3.88. The van der Waals surface area contributed by atoms with Crippen molar-refractivity contribution in [2.45, 2.75) is 69.3 Å². The summed E-state index contributed by atoms with van der Waals surface area (Å²) in [6, 6.07) is 9.63. The maximum atomic E-state index is 10.4. The Hall–Kier alpha value is -1.71. The van der Waals surface area contributed by atoms with Gasteiger partial charge in [0.2, 0.25) is 0 Å². The maximum Gasteiger partial charge on any atom is 0.190 e. The number of hydrogen-bond acceptors (Lipinski definition) is 7. The van der Waals surface area contributed by atoms with E-state index in [1.807, 2.05) is 30.3 Å². The number of hydrogen-bond donors (Lipinski definition) is 2. The highest BCUT2D eigenvalue weighted by molar-refractivity contribution is 5.15. The van der Waals surface area contributed by atoms with Gasteiger partial charge in [-0.1, -0.05) is 35.4 Å². The van der Waals surface area contributed by atoms with Crippen LogP contribution in [0.5, 0.6) is 0 Å². The van der Waals surface area contributed by atoms with Crippen LogP contribution in [0.2, 0.25) is 0 Å². The van der Waals surface area contributed by atoms with E-state index >= 15 is 0 Å². The van der Waals surface area contributed by atoms with E-state index in [1.165, 1.54) is 0 Å². The molecule has 9 heteroatoms. The fraction of sp³-hybridized carbons (Fsp3) is 0.684. The number of benzene rings is 1. The van der Waals surface area contributed by atoms with Crippen LogP contribution in [0, 0.1) is 0 Å². The molecule has 2 fully saturated rings. The molecule has 0 unspecified atom stereocenters. The van der Waals surface area contributed by atoms with Gasteiger partial charge in [-0.25, -0.2) is 0 Å². The average Bonchev–Trinajstić information content (AvgIpc) is 3.15. The molecule has 154 valence electrons. The van der Waals surface area contributed by atoms with E-state index in [9.17, 15) is 10.2 Å². The molecule has 1 aromatic carbocycles. The van der Waals surface area contributed by atoms with Gasteiger partial charge in [0.05, 0.1) is 13.2 Å². The summed E-state index contributed by atoms with van der Waals surface area (Å²) in [5, 5.41) is 23.6. The summed E-state index contributed by atoms with van der Waals surface area (Å²) in [4.78, 5) is 2.78. The molecule has 0 amide bonds. The monoisotopic (exact) mass is 393 g/mol. The Morgan fingerprint density at radius 1 is 1.29 bits per heavy atom. The predicted molar refractivity (Wildman–Crippen MR) is 99.0 cm³/mol. The second-order valence-corrected chi connectivity index (χ2v) is 7.52. The highest BCUT2D eigenvalue weighted by Crippen LogP contribution is 2.48. The largest absolute Gasteiger partial charge is 0.394 e. The maximum absolute atomic E-state index is 10.4. The van der Waals surface area contributed by atoms with Crippen molar-refractivity contribution in [3.63, 3.8) is 0 Å². The van der Waals surface area contributed by atoms with Crippen LogP contribution in [0.3, 0.4) is 0 Å². The lowest BCUT2D eigenvalue weighted by molar-refractivity contribution is -0.255. The molecule has 0 radical (unpaired) electrons. The molecule has 28 heavy (non-hydrogen) atoms. The summed E-state index contributed by atoms with van der Waals surface area (Å²) < 4.78 is 24.2. The Morgan fingerprint density at radius 2 is 2.04 bits per heavy atom. The van der Waals surface area contributed by atoms with Gasteiger partial charge in [0.25, 0.3) is 0 Å². The molecule has 0 saturated carbocycles. The van der Waals surface area contributed by atoms with Gasteiger partial charge in [0, 0.05) is 11.5 Å². The van der Waals surface area contributed by atoms with Crippen LogP contribution in [0.15, 0.2) is 35.4 Å². The highest BCUT2D eigenvalue weighted by atomic mass is 16.8. The first-order valence-electron chi connectivity index (χ1n) is 9.40. The summed E-state index contributed by atoms with van der Waals surface area (Å²) in [7, 11) is 0. The second kappa shape index (κ2) is 8.75. The zero-order valence-corrected chi connectivity index (χ0v) is 16.1. The third-order valence-electron chi connectivity index (χ3n) is 5.08. The minimum Gasteiger partial charge on any atom is -0.394 e. The van der Waals surface area contributed by atoms with Crippen LogP contribution in [-0.2, 0) is 25.6 Å². The molecule has 2 N–H and O–H groups in total. The van der Waals surface area contributed by atoms with Crippen LogP contribution in [-0.4, -0.2) is 59.4 Å². The second-order valence-electron chi connectivity index (χ2n) is 7.52. The average molecular weight is 393 g/mol. The smallest absolute Gasteiger partial charge is 0.190 e. The molecular formula is C19H27N3O6. The Morgan fingerprint density at radius 3 is 2.71 bits per heavy atom. The summed E-state index contributed by atoms with van der Waals surface area (Å²) >= 11 is 0. The Bertz CT molecular complexity index is 696. The number of nitrogens with zero attached hydrogens (tertiary/aromatic N) is 3. The van der Waals surface area contributed by atoms with E-state index in [4.69, 9.17) is 24.5 Å². The summed E-state index contributed by atoms with van der Waals surface area (Å²) in [5.41, 5.74) is 8.44. The first-order valence-corrected chi connectivity index (χ1v) is 9.40. The molecule has 2 aliphatic rings. The first-order chi connectivity index (χ1) is 13.4. The summed E-state index contributed by atoms with van der Waals surface area (Å²) in [6.45, 7) is 3.63. The van der Waals surface area contributed by atoms with Gasteiger partial charge >= 0.3 is 0 Å². The van der Waals surface area contributed by atoms with E-state index < -0.39 is 42.6 Å². The van der Waals surface area contributed by atoms with Crippen molar-refractivity contribution in [3.8, 4) is 0 Å². The van der Waals surface area contributed by atoms with Gasteiger partial charge in [-0.15, -0.1) is 0 Å². The van der Waals surface area contributed by atoms with Crippen LogP contribution in [0.4, 0.5) is 0 Å². The van der Waals surface area contributed by atoms with Crippen molar-refractivity contribution in [2.24, 2.45) is 5.11 Å². The minimum atomic E-state index is -1.17. The van der Waals surface area contributed by atoms with Crippen LogP contribution in [0.25, 0.3) is 10.4 Å². The molecule has 0 bridgehead atoms. The number of ether oxygens (including phenoxy) is 4. The third-order valence-corrected chi connectivity index (χ3v) is 5.08. The van der Waals surface area contributed by atoms with Crippen LogP contribution < -0.4 is 0 Å². The lowest BCUT2D eigenvalue weighted by Crippen LogP contribution is -2.56. The third kappa shape index (κ3) is 4.31. The van der Waals surface area contributed by atoms with Crippen molar-refractivity contribution in [2.75, 3.05) is 13.2 Å². The number of fused-ring (bicyclic) bond motifs is 1. The Kier molecular flexibility index (Phi) is 6.57. The zero-order chi connectivity index (χ0) is 20.2. The normalized spacial score (nSPS) is 31.9. The van der Waals surface area contributed by atoms with Gasteiger partial charge in [-0.05, 0) is 37.8 Å². The lowest BCUT2D eigenvalue weighted by atomic mass is 9.84. The van der Waals surface area contributed by atoms with E-state index in [0.717, 1.165) is 5.56 Å². The molecule has 9 nitrogen and oxygen atoms in total. The molecule has 2 aliphatic heterocycles. The van der Waals surface area contributed by atoms with Crippen molar-refractivity contribution < 1.29 is 29.2 Å². The first kappa shape index (κ1) is 21.0.